The normalized spacial score (nSPS) is 15.3. The molecule has 0 aliphatic carbocycles. The molecule has 1 fully saturated rings. The number of alkyl halides is 3. The maximum Gasteiger partial charge on any atom is 0.393 e. The first kappa shape index (κ1) is 19.3. The predicted octanol–water partition coefficient (Wildman–Crippen LogP) is 3.64. The Kier molecular flexibility index (Phi) is 7.88. The number of rotatable bonds is 2. The number of amides is 2. The number of urea groups is 1. The summed E-state index contributed by atoms with van der Waals surface area (Å²) in [6, 6.07) is 5.53. The highest BCUT2D eigenvalue weighted by atomic mass is 19.4. The van der Waals surface area contributed by atoms with Crippen LogP contribution in [0.4, 0.5) is 23.7 Å². The van der Waals surface area contributed by atoms with Gasteiger partial charge in [0, 0.05) is 25.3 Å². The lowest BCUT2D eigenvalue weighted by atomic mass is 10.1. The molecule has 2 rings (SSSR count). The van der Waals surface area contributed by atoms with Crippen molar-refractivity contribution in [1.82, 2.24) is 10.2 Å². The molecule has 1 aromatic carbocycles. The van der Waals surface area contributed by atoms with Crippen molar-refractivity contribution in [2.75, 3.05) is 31.5 Å². The highest BCUT2D eigenvalue weighted by molar-refractivity contribution is 5.89. The Balaban J connectivity index is 0.00000127. The third kappa shape index (κ3) is 7.36. The largest absolute Gasteiger partial charge is 0.393 e. The van der Waals surface area contributed by atoms with Crippen LogP contribution < -0.4 is 10.6 Å². The average Bonchev–Trinajstić information content (AvgIpc) is 2.79. The van der Waals surface area contributed by atoms with Crippen LogP contribution in [0, 0.1) is 0 Å². The third-order valence-corrected chi connectivity index (χ3v) is 3.24. The molecule has 1 aliphatic heterocycles. The zero-order valence-corrected chi connectivity index (χ0v) is 13.5. The molecule has 0 saturated carbocycles. The Morgan fingerprint density at radius 2 is 1.83 bits per heavy atom. The van der Waals surface area contributed by atoms with Crippen molar-refractivity contribution in [3.05, 3.63) is 29.8 Å². The standard InChI is InChI=1S/C14H18F3N3O.C2H6/c15-14(16,17)10-11-2-4-12(5-3-11)19-13(21)20-8-1-6-18-7-9-20;1-2/h2-5,18H,1,6-10H2,(H,19,21);1-2H3. The number of nitrogens with zero attached hydrogens (tertiary/aromatic N) is 1. The summed E-state index contributed by atoms with van der Waals surface area (Å²) in [6.45, 7) is 6.93. The summed E-state index contributed by atoms with van der Waals surface area (Å²) >= 11 is 0. The molecule has 2 N–H and O–H groups in total. The van der Waals surface area contributed by atoms with E-state index in [2.05, 4.69) is 10.6 Å². The first-order valence-corrected chi connectivity index (χ1v) is 7.86. The van der Waals surface area contributed by atoms with Gasteiger partial charge in [-0.2, -0.15) is 13.2 Å². The number of nitrogens with one attached hydrogen (secondary N) is 2. The molecule has 0 bridgehead atoms. The number of halogens is 3. The molecule has 7 heteroatoms. The number of benzene rings is 1. The lowest BCUT2D eigenvalue weighted by Gasteiger charge is -2.20. The van der Waals surface area contributed by atoms with E-state index in [4.69, 9.17) is 0 Å². The number of anilines is 1. The minimum atomic E-state index is -4.22. The molecule has 4 nitrogen and oxygen atoms in total. The number of hydrogen-bond acceptors (Lipinski definition) is 2. The van der Waals surface area contributed by atoms with Crippen molar-refractivity contribution < 1.29 is 18.0 Å². The minimum absolute atomic E-state index is 0.180. The Morgan fingerprint density at radius 1 is 1.17 bits per heavy atom. The second kappa shape index (κ2) is 9.39. The summed E-state index contributed by atoms with van der Waals surface area (Å²) in [6.07, 6.45) is -4.29. The zero-order chi connectivity index (χ0) is 17.3. The molecule has 1 aliphatic rings. The fraction of sp³-hybridized carbons (Fsp3) is 0.562. The fourth-order valence-electron chi connectivity index (χ4n) is 2.19. The molecule has 23 heavy (non-hydrogen) atoms. The molecule has 1 saturated heterocycles. The van der Waals surface area contributed by atoms with Gasteiger partial charge < -0.3 is 15.5 Å². The van der Waals surface area contributed by atoms with Crippen LogP contribution >= 0.6 is 0 Å². The maximum atomic E-state index is 12.3. The van der Waals surface area contributed by atoms with Crippen molar-refractivity contribution in [3.8, 4) is 0 Å². The molecule has 1 heterocycles. The Labute approximate surface area is 135 Å². The van der Waals surface area contributed by atoms with Crippen LogP contribution in [0.2, 0.25) is 0 Å². The van der Waals surface area contributed by atoms with E-state index in [0.29, 0.717) is 18.8 Å². The van der Waals surface area contributed by atoms with E-state index in [1.165, 1.54) is 24.3 Å². The van der Waals surface area contributed by atoms with Crippen LogP contribution in [0.15, 0.2) is 24.3 Å². The Bertz CT molecular complexity index is 466. The van der Waals surface area contributed by atoms with E-state index >= 15 is 0 Å². The van der Waals surface area contributed by atoms with Gasteiger partial charge in [-0.1, -0.05) is 26.0 Å². The second-order valence-electron chi connectivity index (χ2n) is 5.01. The number of hydrogen-bond donors (Lipinski definition) is 2. The topological polar surface area (TPSA) is 44.4 Å². The van der Waals surface area contributed by atoms with Crippen molar-refractivity contribution in [1.29, 1.82) is 0 Å². The van der Waals surface area contributed by atoms with E-state index in [0.717, 1.165) is 19.5 Å². The molecule has 2 amide bonds. The summed E-state index contributed by atoms with van der Waals surface area (Å²) in [4.78, 5) is 13.7. The molecule has 130 valence electrons. The SMILES string of the molecule is CC.O=C(Nc1ccc(CC(F)(F)F)cc1)N1CCCNCC1. The van der Waals surface area contributed by atoms with Gasteiger partial charge in [0.2, 0.25) is 0 Å². The maximum absolute atomic E-state index is 12.3. The van der Waals surface area contributed by atoms with E-state index in [1.807, 2.05) is 13.8 Å². The van der Waals surface area contributed by atoms with E-state index < -0.39 is 12.6 Å². The summed E-state index contributed by atoms with van der Waals surface area (Å²) in [5, 5.41) is 5.90. The molecule has 0 atom stereocenters. The van der Waals surface area contributed by atoms with Crippen LogP contribution in [0.1, 0.15) is 25.8 Å². The Hall–Kier alpha value is -1.76. The van der Waals surface area contributed by atoms with Gasteiger partial charge in [0.25, 0.3) is 0 Å². The van der Waals surface area contributed by atoms with Crippen LogP contribution in [-0.4, -0.2) is 43.3 Å². The summed E-state index contributed by atoms with van der Waals surface area (Å²) in [7, 11) is 0. The van der Waals surface area contributed by atoms with Crippen LogP contribution in [0.3, 0.4) is 0 Å². The first-order valence-electron chi connectivity index (χ1n) is 7.86. The lowest BCUT2D eigenvalue weighted by molar-refractivity contribution is -0.127. The highest BCUT2D eigenvalue weighted by Crippen LogP contribution is 2.22. The zero-order valence-electron chi connectivity index (χ0n) is 13.5. The second-order valence-corrected chi connectivity index (χ2v) is 5.01. The molecular formula is C16H24F3N3O. The number of carbonyl (C=O) groups is 1. The van der Waals surface area contributed by atoms with Gasteiger partial charge >= 0.3 is 12.2 Å². The van der Waals surface area contributed by atoms with Gasteiger partial charge in [-0.05, 0) is 30.7 Å². The average molecular weight is 331 g/mol. The molecular weight excluding hydrogens is 307 g/mol. The van der Waals surface area contributed by atoms with Gasteiger partial charge in [0.05, 0.1) is 6.42 Å². The van der Waals surface area contributed by atoms with Gasteiger partial charge in [-0.25, -0.2) is 4.79 Å². The van der Waals surface area contributed by atoms with Gasteiger partial charge in [-0.3, -0.25) is 0 Å². The van der Waals surface area contributed by atoms with E-state index in [9.17, 15) is 18.0 Å². The quantitative estimate of drug-likeness (QED) is 0.869. The van der Waals surface area contributed by atoms with Gasteiger partial charge in [-0.15, -0.1) is 0 Å². The van der Waals surface area contributed by atoms with Crippen molar-refractivity contribution in [3.63, 3.8) is 0 Å². The molecule has 0 unspecified atom stereocenters. The third-order valence-electron chi connectivity index (χ3n) is 3.24. The lowest BCUT2D eigenvalue weighted by Crippen LogP contribution is -2.37. The monoisotopic (exact) mass is 331 g/mol. The highest BCUT2D eigenvalue weighted by Gasteiger charge is 2.27. The molecule has 0 spiro atoms. The minimum Gasteiger partial charge on any atom is -0.323 e. The van der Waals surface area contributed by atoms with Crippen molar-refractivity contribution in [2.24, 2.45) is 0 Å². The summed E-state index contributed by atoms with van der Waals surface area (Å²) in [5.41, 5.74) is 0.683. The smallest absolute Gasteiger partial charge is 0.323 e. The fourth-order valence-corrected chi connectivity index (χ4v) is 2.19. The molecule has 1 aromatic rings. The summed E-state index contributed by atoms with van der Waals surface area (Å²) in [5.74, 6) is 0. The van der Waals surface area contributed by atoms with Crippen LogP contribution in [-0.2, 0) is 6.42 Å². The van der Waals surface area contributed by atoms with Crippen molar-refractivity contribution in [2.45, 2.75) is 32.9 Å². The van der Waals surface area contributed by atoms with E-state index in [-0.39, 0.29) is 11.6 Å². The molecule has 0 aromatic heterocycles. The summed E-state index contributed by atoms with van der Waals surface area (Å²) < 4.78 is 36.8. The van der Waals surface area contributed by atoms with Gasteiger partial charge in [0.1, 0.15) is 0 Å². The predicted molar refractivity (Wildman–Crippen MR) is 85.6 cm³/mol. The Morgan fingerprint density at radius 3 is 2.43 bits per heavy atom. The first-order chi connectivity index (χ1) is 10.9. The van der Waals surface area contributed by atoms with Gasteiger partial charge in [0.15, 0.2) is 0 Å². The molecule has 0 radical (unpaired) electrons. The van der Waals surface area contributed by atoms with E-state index in [1.54, 1.807) is 4.90 Å². The number of carbonyl (C=O) groups excluding carboxylic acids is 1. The van der Waals surface area contributed by atoms with Crippen LogP contribution in [0.5, 0.6) is 0 Å². The van der Waals surface area contributed by atoms with Crippen LogP contribution in [0.25, 0.3) is 0 Å². The van der Waals surface area contributed by atoms with Crippen molar-refractivity contribution >= 4 is 11.7 Å².